The highest BCUT2D eigenvalue weighted by Gasteiger charge is 2.24. The molecule has 1 rings (SSSR count). The fraction of sp³-hybridized carbons (Fsp3) is 0.500. The lowest BCUT2D eigenvalue weighted by atomic mass is 10.1. The third-order valence-electron chi connectivity index (χ3n) is 3.20. The van der Waals surface area contributed by atoms with E-state index in [1.807, 2.05) is 13.8 Å². The van der Waals surface area contributed by atoms with Gasteiger partial charge in [-0.1, -0.05) is 44.6 Å². The number of aryl methyl sites for hydroxylation is 1. The molecule has 0 atom stereocenters. The van der Waals surface area contributed by atoms with Gasteiger partial charge in [-0.3, -0.25) is 0 Å². The molecular weight excluding hydrogens is 292 g/mol. The van der Waals surface area contributed by atoms with Crippen LogP contribution in [0.2, 0.25) is 0 Å². The van der Waals surface area contributed by atoms with Gasteiger partial charge in [0, 0.05) is 18.7 Å². The molecule has 112 valence electrons. The summed E-state index contributed by atoms with van der Waals surface area (Å²) in [5.41, 5.74) is 6.88. The van der Waals surface area contributed by atoms with Gasteiger partial charge in [-0.25, -0.2) is 8.42 Å². The summed E-state index contributed by atoms with van der Waals surface area (Å²) in [4.78, 5) is 0.499. The van der Waals surface area contributed by atoms with Crippen LogP contribution in [0, 0.1) is 6.92 Å². The van der Waals surface area contributed by atoms with Crippen molar-refractivity contribution in [1.29, 1.82) is 0 Å². The molecule has 0 bridgehead atoms. The first kappa shape index (κ1) is 17.1. The van der Waals surface area contributed by atoms with Gasteiger partial charge in [0.25, 0.3) is 0 Å². The maximum atomic E-state index is 12.7. The van der Waals surface area contributed by atoms with Crippen molar-refractivity contribution in [3.8, 4) is 0 Å². The van der Waals surface area contributed by atoms with E-state index in [0.717, 1.165) is 12.8 Å². The molecule has 2 N–H and O–H groups in total. The lowest BCUT2D eigenvalue weighted by Crippen LogP contribution is -2.32. The van der Waals surface area contributed by atoms with E-state index in [1.54, 1.807) is 25.1 Å². The molecule has 0 aliphatic carbocycles. The van der Waals surface area contributed by atoms with Crippen molar-refractivity contribution in [3.63, 3.8) is 0 Å². The summed E-state index contributed by atoms with van der Waals surface area (Å²) in [5.74, 6) is 0. The van der Waals surface area contributed by atoms with Crippen molar-refractivity contribution >= 4 is 27.2 Å². The zero-order valence-corrected chi connectivity index (χ0v) is 13.9. The van der Waals surface area contributed by atoms with Gasteiger partial charge in [-0.15, -0.1) is 0 Å². The van der Waals surface area contributed by atoms with E-state index in [9.17, 15) is 8.42 Å². The van der Waals surface area contributed by atoms with E-state index in [-0.39, 0.29) is 4.99 Å². The molecule has 1 aromatic rings. The van der Waals surface area contributed by atoms with E-state index in [4.69, 9.17) is 18.0 Å². The van der Waals surface area contributed by atoms with E-state index < -0.39 is 10.0 Å². The van der Waals surface area contributed by atoms with Crippen molar-refractivity contribution in [2.75, 3.05) is 13.1 Å². The predicted octanol–water partition coefficient (Wildman–Crippen LogP) is 2.44. The van der Waals surface area contributed by atoms with Crippen LogP contribution in [0.25, 0.3) is 0 Å². The second-order valence-corrected chi connectivity index (χ2v) is 7.04. The minimum absolute atomic E-state index is 0.207. The van der Waals surface area contributed by atoms with Gasteiger partial charge in [0.2, 0.25) is 10.0 Å². The van der Waals surface area contributed by atoms with E-state index >= 15 is 0 Å². The lowest BCUT2D eigenvalue weighted by molar-refractivity contribution is 0.418. The topological polar surface area (TPSA) is 63.4 Å². The van der Waals surface area contributed by atoms with E-state index in [1.165, 1.54) is 4.31 Å². The van der Waals surface area contributed by atoms with Gasteiger partial charge in [0.05, 0.1) is 4.90 Å². The summed E-state index contributed by atoms with van der Waals surface area (Å²) in [6, 6.07) is 5.07. The first-order chi connectivity index (χ1) is 9.34. The van der Waals surface area contributed by atoms with Crippen LogP contribution in [0.15, 0.2) is 23.1 Å². The molecule has 1 aromatic carbocycles. The Balaban J connectivity index is 3.26. The van der Waals surface area contributed by atoms with Crippen LogP contribution in [-0.4, -0.2) is 30.8 Å². The molecule has 4 nitrogen and oxygen atoms in total. The number of nitrogens with two attached hydrogens (primary N) is 1. The number of benzene rings is 1. The van der Waals surface area contributed by atoms with Crippen molar-refractivity contribution in [2.24, 2.45) is 5.73 Å². The molecule has 6 heteroatoms. The summed E-state index contributed by atoms with van der Waals surface area (Å²) in [6.45, 7) is 6.66. The standard InChI is InChI=1S/C14H22N2O2S2/c1-4-6-9-16(5-2)20(17,18)13-10-12(14(15)19)8-7-11(13)3/h7-8,10H,4-6,9H2,1-3H3,(H2,15,19). The smallest absolute Gasteiger partial charge is 0.243 e. The average molecular weight is 314 g/mol. The number of nitrogens with zero attached hydrogens (tertiary/aromatic N) is 1. The van der Waals surface area contributed by atoms with Gasteiger partial charge in [0.1, 0.15) is 4.99 Å². The SMILES string of the molecule is CCCCN(CC)S(=O)(=O)c1cc(C(N)=S)ccc1C. The molecule has 0 saturated heterocycles. The summed E-state index contributed by atoms with van der Waals surface area (Å²) >= 11 is 4.92. The Kier molecular flexibility index (Phi) is 6.10. The highest BCUT2D eigenvalue weighted by atomic mass is 32.2. The van der Waals surface area contributed by atoms with E-state index in [0.29, 0.717) is 29.1 Å². The Hall–Kier alpha value is -0.980. The van der Waals surface area contributed by atoms with E-state index in [2.05, 4.69) is 0 Å². The molecule has 0 aromatic heterocycles. The lowest BCUT2D eigenvalue weighted by Gasteiger charge is -2.21. The van der Waals surface area contributed by atoms with Crippen LogP contribution in [-0.2, 0) is 10.0 Å². The molecular formula is C14H22N2O2S2. The second-order valence-electron chi connectivity index (χ2n) is 4.69. The fourth-order valence-electron chi connectivity index (χ4n) is 1.95. The minimum Gasteiger partial charge on any atom is -0.389 e. The molecule has 0 unspecified atom stereocenters. The van der Waals surface area contributed by atoms with Crippen molar-refractivity contribution in [3.05, 3.63) is 29.3 Å². The molecule has 0 aliphatic heterocycles. The summed E-state index contributed by atoms with van der Waals surface area (Å²) in [7, 11) is -3.49. The first-order valence-corrected chi connectivity index (χ1v) is 8.60. The number of thiocarbonyl (C=S) groups is 1. The largest absolute Gasteiger partial charge is 0.389 e. The van der Waals surface area contributed by atoms with Crippen molar-refractivity contribution in [1.82, 2.24) is 4.31 Å². The predicted molar refractivity (Wildman–Crippen MR) is 86.4 cm³/mol. The molecule has 0 spiro atoms. The van der Waals surface area contributed by atoms with Crippen LogP contribution in [0.1, 0.15) is 37.8 Å². The molecule has 0 saturated carbocycles. The van der Waals surface area contributed by atoms with Crippen LogP contribution >= 0.6 is 12.2 Å². The van der Waals surface area contributed by atoms with Crippen LogP contribution in [0.3, 0.4) is 0 Å². The zero-order valence-electron chi connectivity index (χ0n) is 12.2. The number of unbranched alkanes of at least 4 members (excludes halogenated alkanes) is 1. The Morgan fingerprint density at radius 2 is 2.00 bits per heavy atom. The number of sulfonamides is 1. The van der Waals surface area contributed by atoms with Gasteiger partial charge in [-0.05, 0) is 25.0 Å². The Labute approximate surface area is 127 Å². The van der Waals surface area contributed by atoms with Crippen molar-refractivity contribution in [2.45, 2.75) is 38.5 Å². The third-order valence-corrected chi connectivity index (χ3v) is 5.56. The fourth-order valence-corrected chi connectivity index (χ4v) is 3.82. The first-order valence-electron chi connectivity index (χ1n) is 6.75. The van der Waals surface area contributed by atoms with Gasteiger partial charge in [-0.2, -0.15) is 4.31 Å². The third kappa shape index (κ3) is 3.77. The molecule has 0 radical (unpaired) electrons. The molecule has 0 heterocycles. The summed E-state index contributed by atoms with van der Waals surface area (Å²) in [6.07, 6.45) is 1.80. The van der Waals surface area contributed by atoms with Crippen LogP contribution in [0.5, 0.6) is 0 Å². The maximum absolute atomic E-state index is 12.7. The highest BCUT2D eigenvalue weighted by Crippen LogP contribution is 2.21. The average Bonchev–Trinajstić information content (AvgIpc) is 2.39. The van der Waals surface area contributed by atoms with Crippen LogP contribution < -0.4 is 5.73 Å². The second kappa shape index (κ2) is 7.15. The molecule has 0 aliphatic rings. The zero-order chi connectivity index (χ0) is 15.3. The van der Waals surface area contributed by atoms with Gasteiger partial charge >= 0.3 is 0 Å². The number of hydrogen-bond donors (Lipinski definition) is 1. The van der Waals surface area contributed by atoms with Gasteiger partial charge in [0.15, 0.2) is 0 Å². The van der Waals surface area contributed by atoms with Gasteiger partial charge < -0.3 is 5.73 Å². The Morgan fingerprint density at radius 1 is 1.35 bits per heavy atom. The molecule has 0 amide bonds. The Bertz CT molecular complexity index is 583. The summed E-state index contributed by atoms with van der Waals surface area (Å²) < 4.78 is 26.9. The normalized spacial score (nSPS) is 11.8. The quantitative estimate of drug-likeness (QED) is 0.785. The number of hydrogen-bond acceptors (Lipinski definition) is 3. The summed E-state index contributed by atoms with van der Waals surface area (Å²) in [5, 5.41) is 0. The monoisotopic (exact) mass is 314 g/mol. The van der Waals surface area contributed by atoms with Crippen LogP contribution in [0.4, 0.5) is 0 Å². The van der Waals surface area contributed by atoms with Crippen molar-refractivity contribution < 1.29 is 8.42 Å². The highest BCUT2D eigenvalue weighted by molar-refractivity contribution is 7.89. The maximum Gasteiger partial charge on any atom is 0.243 e. The molecule has 0 fully saturated rings. The Morgan fingerprint density at radius 3 is 2.50 bits per heavy atom. The number of rotatable bonds is 7. The minimum atomic E-state index is -3.49. The molecule has 20 heavy (non-hydrogen) atoms.